The van der Waals surface area contributed by atoms with Gasteiger partial charge in [-0.25, -0.2) is 0 Å². The van der Waals surface area contributed by atoms with Gasteiger partial charge in [-0.2, -0.15) is 0 Å². The molecule has 0 spiro atoms. The number of rotatable bonds is 6. The molecule has 0 radical (unpaired) electrons. The molecular formula is C13H23NO3. The highest BCUT2D eigenvalue weighted by Gasteiger charge is 2.47. The van der Waals surface area contributed by atoms with Gasteiger partial charge in [0.25, 0.3) is 0 Å². The van der Waals surface area contributed by atoms with Crippen molar-refractivity contribution >= 4 is 5.91 Å². The summed E-state index contributed by atoms with van der Waals surface area (Å²) in [6.07, 6.45) is 4.04. The fourth-order valence-electron chi connectivity index (χ4n) is 3.47. The lowest BCUT2D eigenvalue weighted by molar-refractivity contribution is -0.123. The second-order valence-corrected chi connectivity index (χ2v) is 5.22. The van der Waals surface area contributed by atoms with Crippen LogP contribution in [0.25, 0.3) is 0 Å². The van der Waals surface area contributed by atoms with Gasteiger partial charge in [0.15, 0.2) is 0 Å². The van der Waals surface area contributed by atoms with E-state index in [-0.39, 0.29) is 24.5 Å². The zero-order chi connectivity index (χ0) is 12.3. The molecule has 0 aliphatic heterocycles. The molecule has 2 fully saturated rings. The summed E-state index contributed by atoms with van der Waals surface area (Å²) in [6, 6.07) is 0.202. The Morgan fingerprint density at radius 3 is 2.88 bits per heavy atom. The van der Waals surface area contributed by atoms with Gasteiger partial charge in [0.05, 0.1) is 6.61 Å². The molecule has 1 amide bonds. The van der Waals surface area contributed by atoms with Crippen molar-refractivity contribution in [3.63, 3.8) is 0 Å². The quantitative estimate of drug-likeness (QED) is 0.680. The number of aliphatic hydroxyl groups excluding tert-OH is 1. The standard InChI is InChI=1S/C13H23NO3/c1-2-17-6-5-12(16)14-13-10-4-3-9(7-10)11(13)8-15/h9-11,13,15H,2-8H2,1H3,(H,14,16). The Hall–Kier alpha value is -0.610. The highest BCUT2D eigenvalue weighted by molar-refractivity contribution is 5.76. The molecule has 0 heterocycles. The summed E-state index contributed by atoms with van der Waals surface area (Å²) in [5.74, 6) is 1.56. The van der Waals surface area contributed by atoms with Crippen molar-refractivity contribution in [1.82, 2.24) is 5.32 Å². The maximum atomic E-state index is 11.7. The number of carbonyl (C=O) groups is 1. The Bertz CT molecular complexity index is 269. The highest BCUT2D eigenvalue weighted by atomic mass is 16.5. The summed E-state index contributed by atoms with van der Waals surface area (Å²) in [4.78, 5) is 11.7. The number of amides is 1. The molecule has 17 heavy (non-hydrogen) atoms. The van der Waals surface area contributed by atoms with Gasteiger partial charge in [0.2, 0.25) is 5.91 Å². The van der Waals surface area contributed by atoms with Gasteiger partial charge in [-0.05, 0) is 38.0 Å². The summed E-state index contributed by atoms with van der Waals surface area (Å²) in [5, 5.41) is 12.5. The third kappa shape index (κ3) is 2.80. The van der Waals surface area contributed by atoms with E-state index in [1.807, 2.05) is 6.92 Å². The molecule has 4 atom stereocenters. The van der Waals surface area contributed by atoms with E-state index in [2.05, 4.69) is 5.32 Å². The monoisotopic (exact) mass is 241 g/mol. The molecule has 0 aromatic carbocycles. The van der Waals surface area contributed by atoms with E-state index in [0.717, 1.165) is 0 Å². The Morgan fingerprint density at radius 1 is 1.41 bits per heavy atom. The van der Waals surface area contributed by atoms with Crippen LogP contribution in [0.15, 0.2) is 0 Å². The number of hydrogen-bond acceptors (Lipinski definition) is 3. The van der Waals surface area contributed by atoms with Crippen LogP contribution in [-0.2, 0) is 9.53 Å². The van der Waals surface area contributed by atoms with Crippen molar-refractivity contribution < 1.29 is 14.6 Å². The average Bonchev–Trinajstić information content (AvgIpc) is 2.90. The molecule has 2 rings (SSSR count). The number of nitrogens with one attached hydrogen (secondary N) is 1. The second kappa shape index (κ2) is 5.83. The Balaban J connectivity index is 1.79. The van der Waals surface area contributed by atoms with Crippen LogP contribution < -0.4 is 5.32 Å². The molecule has 2 aliphatic rings. The van der Waals surface area contributed by atoms with Crippen LogP contribution in [0.1, 0.15) is 32.6 Å². The van der Waals surface area contributed by atoms with Crippen LogP contribution >= 0.6 is 0 Å². The summed E-state index contributed by atoms with van der Waals surface area (Å²) in [5.41, 5.74) is 0. The van der Waals surface area contributed by atoms with Crippen LogP contribution in [0.3, 0.4) is 0 Å². The number of hydrogen-bond donors (Lipinski definition) is 2. The Morgan fingerprint density at radius 2 is 2.18 bits per heavy atom. The SMILES string of the molecule is CCOCCC(=O)NC1C2CCC(C2)C1CO. The van der Waals surface area contributed by atoms with Gasteiger partial charge < -0.3 is 15.2 Å². The summed E-state index contributed by atoms with van der Waals surface area (Å²) in [7, 11) is 0. The predicted molar refractivity (Wildman–Crippen MR) is 64.4 cm³/mol. The number of fused-ring (bicyclic) bond motifs is 2. The largest absolute Gasteiger partial charge is 0.396 e. The molecule has 2 N–H and O–H groups in total. The van der Waals surface area contributed by atoms with E-state index >= 15 is 0 Å². The number of aliphatic hydroxyl groups is 1. The molecule has 98 valence electrons. The molecule has 2 saturated carbocycles. The van der Waals surface area contributed by atoms with Crippen molar-refractivity contribution in [2.45, 2.75) is 38.6 Å². The van der Waals surface area contributed by atoms with Crippen molar-refractivity contribution in [2.24, 2.45) is 17.8 Å². The van der Waals surface area contributed by atoms with E-state index in [9.17, 15) is 9.90 Å². The number of carbonyl (C=O) groups excluding carboxylic acids is 1. The molecule has 0 aromatic rings. The first-order valence-electron chi connectivity index (χ1n) is 6.74. The first kappa shape index (κ1) is 12.8. The molecule has 2 aliphatic carbocycles. The summed E-state index contributed by atoms with van der Waals surface area (Å²) >= 11 is 0. The van der Waals surface area contributed by atoms with Gasteiger partial charge >= 0.3 is 0 Å². The summed E-state index contributed by atoms with van der Waals surface area (Å²) in [6.45, 7) is 3.28. The molecule has 2 bridgehead atoms. The topological polar surface area (TPSA) is 58.6 Å². The third-order valence-corrected chi connectivity index (χ3v) is 4.30. The van der Waals surface area contributed by atoms with Gasteiger partial charge in [0.1, 0.15) is 0 Å². The lowest BCUT2D eigenvalue weighted by atomic mass is 9.85. The van der Waals surface area contributed by atoms with Crippen molar-refractivity contribution in [3.8, 4) is 0 Å². The summed E-state index contributed by atoms with van der Waals surface area (Å²) < 4.78 is 5.17. The second-order valence-electron chi connectivity index (χ2n) is 5.22. The molecular weight excluding hydrogens is 218 g/mol. The van der Waals surface area contributed by atoms with Crippen LogP contribution in [-0.4, -0.2) is 36.9 Å². The normalized spacial score (nSPS) is 35.2. The van der Waals surface area contributed by atoms with E-state index in [1.165, 1.54) is 19.3 Å². The molecule has 0 aromatic heterocycles. The fourth-order valence-corrected chi connectivity index (χ4v) is 3.47. The first-order valence-corrected chi connectivity index (χ1v) is 6.74. The minimum atomic E-state index is 0.0643. The van der Waals surface area contributed by atoms with Crippen molar-refractivity contribution in [1.29, 1.82) is 0 Å². The van der Waals surface area contributed by atoms with Crippen molar-refractivity contribution in [2.75, 3.05) is 19.8 Å². The van der Waals surface area contributed by atoms with Gasteiger partial charge in [-0.1, -0.05) is 0 Å². The zero-order valence-electron chi connectivity index (χ0n) is 10.5. The van der Waals surface area contributed by atoms with Crippen LogP contribution in [0.4, 0.5) is 0 Å². The molecule has 4 nitrogen and oxygen atoms in total. The van der Waals surface area contributed by atoms with E-state index < -0.39 is 0 Å². The minimum absolute atomic E-state index is 0.0643. The van der Waals surface area contributed by atoms with Gasteiger partial charge in [-0.15, -0.1) is 0 Å². The van der Waals surface area contributed by atoms with Crippen LogP contribution in [0, 0.1) is 17.8 Å². The molecule has 4 heteroatoms. The smallest absolute Gasteiger partial charge is 0.222 e. The van der Waals surface area contributed by atoms with E-state index in [1.54, 1.807) is 0 Å². The number of ether oxygens (including phenoxy) is 1. The van der Waals surface area contributed by atoms with Gasteiger partial charge in [0, 0.05) is 31.6 Å². The highest BCUT2D eigenvalue weighted by Crippen LogP contribution is 2.48. The Kier molecular flexibility index (Phi) is 4.40. The maximum Gasteiger partial charge on any atom is 0.222 e. The zero-order valence-corrected chi connectivity index (χ0v) is 10.5. The van der Waals surface area contributed by atoms with Crippen LogP contribution in [0.2, 0.25) is 0 Å². The maximum absolute atomic E-state index is 11.7. The van der Waals surface area contributed by atoms with E-state index in [0.29, 0.717) is 31.5 Å². The predicted octanol–water partition coefficient (Wildman–Crippen LogP) is 0.936. The fraction of sp³-hybridized carbons (Fsp3) is 0.923. The van der Waals surface area contributed by atoms with Crippen LogP contribution in [0.5, 0.6) is 0 Å². The van der Waals surface area contributed by atoms with Crippen molar-refractivity contribution in [3.05, 3.63) is 0 Å². The third-order valence-electron chi connectivity index (χ3n) is 4.30. The lowest BCUT2D eigenvalue weighted by Crippen LogP contribution is -2.45. The minimum Gasteiger partial charge on any atom is -0.396 e. The lowest BCUT2D eigenvalue weighted by Gasteiger charge is -2.30. The first-order chi connectivity index (χ1) is 8.26. The molecule has 4 unspecified atom stereocenters. The molecule has 0 saturated heterocycles. The Labute approximate surface area is 103 Å². The van der Waals surface area contributed by atoms with E-state index in [4.69, 9.17) is 4.74 Å². The van der Waals surface area contributed by atoms with Gasteiger partial charge in [-0.3, -0.25) is 4.79 Å². The average molecular weight is 241 g/mol.